The van der Waals surface area contributed by atoms with Gasteiger partial charge in [-0.2, -0.15) is 0 Å². The molecule has 4 heterocycles. The Morgan fingerprint density at radius 3 is 2.41 bits per heavy atom. The summed E-state index contributed by atoms with van der Waals surface area (Å²) in [4.78, 5) is 31.3. The molecule has 204 valence electrons. The highest BCUT2D eigenvalue weighted by Crippen LogP contribution is 2.50. The van der Waals surface area contributed by atoms with Gasteiger partial charge in [-0.05, 0) is 74.5 Å². The SMILES string of the molecule is CN1CCN(c2ccc(Nc3nc(NC4CC5(CCOCC5)C4)c(-c4ccccn4)nc3C(N)=O)cc2)CC1. The van der Waals surface area contributed by atoms with E-state index in [1.54, 1.807) is 6.20 Å². The lowest BCUT2D eigenvalue weighted by Gasteiger charge is -2.50. The molecule has 39 heavy (non-hydrogen) atoms. The van der Waals surface area contributed by atoms with Crippen LogP contribution in [0, 0.1) is 5.41 Å². The summed E-state index contributed by atoms with van der Waals surface area (Å²) in [7, 11) is 2.15. The number of piperazine rings is 1. The Balaban J connectivity index is 1.27. The molecular weight excluding hydrogens is 492 g/mol. The average molecular weight is 529 g/mol. The second kappa shape index (κ2) is 10.8. The molecule has 1 aliphatic carbocycles. The Labute approximate surface area is 229 Å². The van der Waals surface area contributed by atoms with Gasteiger partial charge in [-0.25, -0.2) is 9.97 Å². The van der Waals surface area contributed by atoms with Gasteiger partial charge in [0.05, 0.1) is 5.69 Å². The molecule has 0 radical (unpaired) electrons. The van der Waals surface area contributed by atoms with E-state index in [4.69, 9.17) is 20.4 Å². The van der Waals surface area contributed by atoms with Crippen LogP contribution in [0.1, 0.15) is 36.2 Å². The van der Waals surface area contributed by atoms with Crippen LogP contribution in [0.5, 0.6) is 0 Å². The summed E-state index contributed by atoms with van der Waals surface area (Å²) < 4.78 is 5.58. The van der Waals surface area contributed by atoms with Crippen molar-refractivity contribution in [2.75, 3.05) is 62.0 Å². The number of primary amides is 1. The van der Waals surface area contributed by atoms with E-state index in [-0.39, 0.29) is 11.7 Å². The Kier molecular flexibility index (Phi) is 7.05. The number of nitrogens with one attached hydrogen (secondary N) is 2. The molecule has 3 aromatic rings. The van der Waals surface area contributed by atoms with Crippen LogP contribution in [0.2, 0.25) is 0 Å². The number of aromatic nitrogens is 3. The van der Waals surface area contributed by atoms with Crippen molar-refractivity contribution in [3.05, 3.63) is 54.4 Å². The largest absolute Gasteiger partial charge is 0.381 e. The van der Waals surface area contributed by atoms with Crippen molar-refractivity contribution in [2.45, 2.75) is 31.7 Å². The van der Waals surface area contributed by atoms with Gasteiger partial charge in [0, 0.05) is 63.0 Å². The number of rotatable bonds is 7. The summed E-state index contributed by atoms with van der Waals surface area (Å²) in [5.74, 6) is 0.284. The van der Waals surface area contributed by atoms with Gasteiger partial charge in [0.1, 0.15) is 5.69 Å². The van der Waals surface area contributed by atoms with Crippen molar-refractivity contribution < 1.29 is 9.53 Å². The number of pyridine rings is 1. The first-order valence-electron chi connectivity index (χ1n) is 13.8. The third-order valence-electron chi connectivity index (χ3n) is 8.29. The fourth-order valence-electron chi connectivity index (χ4n) is 5.93. The zero-order valence-corrected chi connectivity index (χ0v) is 22.4. The van der Waals surface area contributed by atoms with Gasteiger partial charge in [0.2, 0.25) is 0 Å². The number of anilines is 4. The van der Waals surface area contributed by atoms with E-state index < -0.39 is 5.91 Å². The third-order valence-corrected chi connectivity index (χ3v) is 8.29. The van der Waals surface area contributed by atoms with E-state index in [0.717, 1.165) is 70.8 Å². The first kappa shape index (κ1) is 25.5. The summed E-state index contributed by atoms with van der Waals surface area (Å²) in [5.41, 5.74) is 9.37. The van der Waals surface area contributed by atoms with Crippen LogP contribution in [-0.2, 0) is 4.74 Å². The number of carbonyl (C=O) groups excluding carboxylic acids is 1. The predicted octanol–water partition coefficient (Wildman–Crippen LogP) is 3.50. The number of likely N-dealkylation sites (N-methyl/N-ethyl adjacent to an activating group) is 1. The van der Waals surface area contributed by atoms with Crippen molar-refractivity contribution >= 4 is 28.9 Å². The zero-order valence-electron chi connectivity index (χ0n) is 22.4. The second-order valence-corrected chi connectivity index (χ2v) is 11.0. The lowest BCUT2D eigenvalue weighted by atomic mass is 9.61. The normalized spacial score (nSPS) is 19.5. The maximum Gasteiger partial charge on any atom is 0.271 e. The first-order chi connectivity index (χ1) is 19.0. The summed E-state index contributed by atoms with van der Waals surface area (Å²) in [6, 6.07) is 14.1. The average Bonchev–Trinajstić information content (AvgIpc) is 2.94. The van der Waals surface area contributed by atoms with Crippen LogP contribution in [0.3, 0.4) is 0 Å². The Morgan fingerprint density at radius 1 is 1.00 bits per heavy atom. The molecule has 1 saturated carbocycles. The molecule has 1 amide bonds. The fraction of sp³-hybridized carbons (Fsp3) is 0.448. The molecule has 4 N–H and O–H groups in total. The Bertz CT molecular complexity index is 1290. The van der Waals surface area contributed by atoms with Crippen molar-refractivity contribution in [1.82, 2.24) is 19.9 Å². The number of amides is 1. The van der Waals surface area contributed by atoms with Gasteiger partial charge >= 0.3 is 0 Å². The Morgan fingerprint density at radius 2 is 1.74 bits per heavy atom. The number of nitrogens with zero attached hydrogens (tertiary/aromatic N) is 5. The summed E-state index contributed by atoms with van der Waals surface area (Å²) in [6.45, 7) is 5.76. The molecule has 0 bridgehead atoms. The van der Waals surface area contributed by atoms with Crippen molar-refractivity contribution in [3.63, 3.8) is 0 Å². The predicted molar refractivity (Wildman–Crippen MR) is 152 cm³/mol. The number of carbonyl (C=O) groups is 1. The smallest absolute Gasteiger partial charge is 0.271 e. The highest BCUT2D eigenvalue weighted by atomic mass is 16.5. The van der Waals surface area contributed by atoms with Gasteiger partial charge in [-0.15, -0.1) is 0 Å². The molecule has 0 atom stereocenters. The van der Waals surface area contributed by atoms with Crippen LogP contribution in [0.25, 0.3) is 11.4 Å². The molecule has 3 fully saturated rings. The topological polar surface area (TPSA) is 122 Å². The van der Waals surface area contributed by atoms with Gasteiger partial charge in [0.25, 0.3) is 5.91 Å². The van der Waals surface area contributed by atoms with E-state index in [9.17, 15) is 4.79 Å². The van der Waals surface area contributed by atoms with E-state index in [0.29, 0.717) is 28.4 Å². The monoisotopic (exact) mass is 528 g/mol. The number of benzene rings is 1. The lowest BCUT2D eigenvalue weighted by molar-refractivity contribution is -0.0342. The minimum absolute atomic E-state index is 0.0823. The fourth-order valence-corrected chi connectivity index (χ4v) is 5.93. The second-order valence-electron chi connectivity index (χ2n) is 11.0. The van der Waals surface area contributed by atoms with Crippen molar-refractivity contribution in [2.24, 2.45) is 11.1 Å². The highest BCUT2D eigenvalue weighted by molar-refractivity contribution is 5.97. The maximum absolute atomic E-state index is 12.5. The summed E-state index contributed by atoms with van der Waals surface area (Å²) in [6.07, 6.45) is 6.03. The lowest BCUT2D eigenvalue weighted by Crippen LogP contribution is -2.48. The van der Waals surface area contributed by atoms with E-state index in [2.05, 4.69) is 44.6 Å². The molecule has 6 rings (SSSR count). The molecule has 1 aromatic carbocycles. The minimum atomic E-state index is -0.646. The molecule has 2 saturated heterocycles. The number of nitrogens with two attached hydrogens (primary N) is 1. The number of ether oxygens (including phenoxy) is 1. The van der Waals surface area contributed by atoms with Gasteiger partial charge in [-0.1, -0.05) is 6.07 Å². The first-order valence-corrected chi connectivity index (χ1v) is 13.8. The van der Waals surface area contributed by atoms with Gasteiger partial charge in [-0.3, -0.25) is 9.78 Å². The summed E-state index contributed by atoms with van der Waals surface area (Å²) in [5, 5.41) is 6.91. The van der Waals surface area contributed by atoms with Gasteiger partial charge in [0.15, 0.2) is 17.3 Å². The van der Waals surface area contributed by atoms with E-state index in [1.165, 1.54) is 5.69 Å². The number of hydrogen-bond donors (Lipinski definition) is 3. The van der Waals surface area contributed by atoms with Crippen LogP contribution in [-0.4, -0.2) is 78.2 Å². The molecule has 2 aromatic heterocycles. The highest BCUT2D eigenvalue weighted by Gasteiger charge is 2.45. The number of hydrogen-bond acceptors (Lipinski definition) is 9. The van der Waals surface area contributed by atoms with Crippen LogP contribution in [0.4, 0.5) is 23.0 Å². The molecular formula is C29H36N8O2. The van der Waals surface area contributed by atoms with Crippen molar-refractivity contribution in [1.29, 1.82) is 0 Å². The summed E-state index contributed by atoms with van der Waals surface area (Å²) >= 11 is 0. The molecule has 0 unspecified atom stereocenters. The maximum atomic E-state index is 12.5. The molecule has 10 heteroatoms. The molecule has 10 nitrogen and oxygen atoms in total. The van der Waals surface area contributed by atoms with Crippen LogP contribution < -0.4 is 21.3 Å². The minimum Gasteiger partial charge on any atom is -0.381 e. The Hall–Kier alpha value is -3.76. The van der Waals surface area contributed by atoms with Crippen LogP contribution in [0.15, 0.2) is 48.7 Å². The van der Waals surface area contributed by atoms with Crippen LogP contribution >= 0.6 is 0 Å². The van der Waals surface area contributed by atoms with Gasteiger partial charge < -0.3 is 30.9 Å². The van der Waals surface area contributed by atoms with E-state index >= 15 is 0 Å². The quantitative estimate of drug-likeness (QED) is 0.423. The molecule has 1 spiro atoms. The zero-order chi connectivity index (χ0) is 26.8. The molecule has 2 aliphatic heterocycles. The van der Waals surface area contributed by atoms with Crippen molar-refractivity contribution in [3.8, 4) is 11.4 Å². The standard InChI is InChI=1S/C29H36N8O2/c1-36-12-14-37(15-13-36)22-7-5-20(6-8-22)32-28-25(26(30)38)34-24(23-4-2-3-11-31-23)27(35-28)33-21-18-29(19-21)9-16-39-17-10-29/h2-8,11,21H,9-10,12-19H2,1H3,(H2,30,38)(H2,32,33,35). The van der Waals surface area contributed by atoms with E-state index in [1.807, 2.05) is 30.3 Å². The third kappa shape index (κ3) is 5.53. The molecule has 3 aliphatic rings.